The van der Waals surface area contributed by atoms with Crippen LogP contribution in [0.4, 0.5) is 0 Å². The minimum absolute atomic E-state index is 0.310. The molecular weight excluding hydrogens is 294 g/mol. The van der Waals surface area contributed by atoms with Crippen LogP contribution in [0.3, 0.4) is 0 Å². The molecule has 1 aromatic carbocycles. The van der Waals surface area contributed by atoms with Gasteiger partial charge in [-0.1, -0.05) is 15.9 Å². The summed E-state index contributed by atoms with van der Waals surface area (Å²) < 4.78 is 6.77. The van der Waals surface area contributed by atoms with Crippen LogP contribution in [0, 0.1) is 5.92 Å². The van der Waals surface area contributed by atoms with Crippen molar-refractivity contribution >= 4 is 15.9 Å². The molecule has 2 rings (SSSR count). The molecule has 1 unspecified atom stereocenters. The maximum absolute atomic E-state index is 9.18. The van der Waals surface area contributed by atoms with Crippen LogP contribution in [0.15, 0.2) is 28.7 Å². The predicted molar refractivity (Wildman–Crippen MR) is 75.9 cm³/mol. The molecule has 0 saturated carbocycles. The van der Waals surface area contributed by atoms with Crippen molar-refractivity contribution in [3.8, 4) is 5.75 Å². The zero-order valence-electron chi connectivity index (χ0n) is 10.5. The Labute approximate surface area is 117 Å². The fourth-order valence-electron chi connectivity index (χ4n) is 2.33. The first-order valence-electron chi connectivity index (χ1n) is 6.49. The van der Waals surface area contributed by atoms with Crippen LogP contribution >= 0.6 is 15.9 Å². The van der Waals surface area contributed by atoms with Crippen molar-refractivity contribution in [1.29, 1.82) is 0 Å². The Hall–Kier alpha value is -0.580. The number of rotatable bonds is 5. The molecule has 0 radical (unpaired) electrons. The summed E-state index contributed by atoms with van der Waals surface area (Å²) in [6.07, 6.45) is 2.34. The molecule has 1 N–H and O–H groups in total. The zero-order valence-corrected chi connectivity index (χ0v) is 12.1. The first-order chi connectivity index (χ1) is 8.78. The summed E-state index contributed by atoms with van der Waals surface area (Å²) in [4.78, 5) is 2.38. The van der Waals surface area contributed by atoms with Gasteiger partial charge in [0.15, 0.2) is 0 Å². The Kier molecular flexibility index (Phi) is 5.47. The van der Waals surface area contributed by atoms with Crippen LogP contribution in [0.5, 0.6) is 5.75 Å². The predicted octanol–water partition coefficient (Wildman–Crippen LogP) is 2.53. The van der Waals surface area contributed by atoms with E-state index in [0.29, 0.717) is 19.1 Å². The van der Waals surface area contributed by atoms with Crippen LogP contribution in [0.1, 0.15) is 12.8 Å². The first-order valence-corrected chi connectivity index (χ1v) is 7.29. The lowest BCUT2D eigenvalue weighted by Crippen LogP contribution is -2.39. The zero-order chi connectivity index (χ0) is 12.8. The highest BCUT2D eigenvalue weighted by molar-refractivity contribution is 9.10. The fourth-order valence-corrected chi connectivity index (χ4v) is 2.59. The molecular formula is C14H20BrNO2. The normalized spacial score (nSPS) is 20.9. The molecule has 4 heteroatoms. The van der Waals surface area contributed by atoms with Gasteiger partial charge in [0.2, 0.25) is 0 Å². The molecule has 1 aromatic rings. The highest BCUT2D eigenvalue weighted by Crippen LogP contribution is 2.17. The molecule has 100 valence electrons. The van der Waals surface area contributed by atoms with E-state index in [-0.39, 0.29) is 0 Å². The molecule has 0 aromatic heterocycles. The van der Waals surface area contributed by atoms with Crippen molar-refractivity contribution < 1.29 is 9.84 Å². The molecule has 1 saturated heterocycles. The molecule has 3 nitrogen and oxygen atoms in total. The van der Waals surface area contributed by atoms with Crippen molar-refractivity contribution in [1.82, 2.24) is 4.90 Å². The summed E-state index contributed by atoms with van der Waals surface area (Å²) in [5.74, 6) is 1.36. The lowest BCUT2D eigenvalue weighted by Gasteiger charge is -2.31. The van der Waals surface area contributed by atoms with Crippen molar-refractivity contribution in [2.45, 2.75) is 12.8 Å². The highest BCUT2D eigenvalue weighted by Gasteiger charge is 2.18. The average molecular weight is 314 g/mol. The van der Waals surface area contributed by atoms with Gasteiger partial charge >= 0.3 is 0 Å². The van der Waals surface area contributed by atoms with Gasteiger partial charge in [0, 0.05) is 24.2 Å². The molecule has 1 fully saturated rings. The molecule has 0 spiro atoms. The Morgan fingerprint density at radius 2 is 2.11 bits per heavy atom. The third-order valence-corrected chi connectivity index (χ3v) is 3.88. The van der Waals surface area contributed by atoms with E-state index in [1.165, 1.54) is 6.42 Å². The Balaban J connectivity index is 1.70. The van der Waals surface area contributed by atoms with Gasteiger partial charge in [-0.3, -0.25) is 4.90 Å². The summed E-state index contributed by atoms with van der Waals surface area (Å²) in [7, 11) is 0. The third-order valence-electron chi connectivity index (χ3n) is 3.35. The number of ether oxygens (including phenoxy) is 1. The monoisotopic (exact) mass is 313 g/mol. The van der Waals surface area contributed by atoms with E-state index in [1.807, 2.05) is 24.3 Å². The largest absolute Gasteiger partial charge is 0.492 e. The van der Waals surface area contributed by atoms with Gasteiger partial charge in [0.25, 0.3) is 0 Å². The smallest absolute Gasteiger partial charge is 0.119 e. The standard InChI is InChI=1S/C14H20BrNO2/c15-13-3-5-14(6-4-13)18-9-8-16-7-1-2-12(10-16)11-17/h3-6,12,17H,1-2,7-11H2. The quantitative estimate of drug-likeness (QED) is 0.906. The van der Waals surface area contributed by atoms with Gasteiger partial charge in [-0.05, 0) is 49.6 Å². The third kappa shape index (κ3) is 4.26. The van der Waals surface area contributed by atoms with Gasteiger partial charge in [0.1, 0.15) is 12.4 Å². The summed E-state index contributed by atoms with van der Waals surface area (Å²) in [5.41, 5.74) is 0. The number of nitrogens with zero attached hydrogens (tertiary/aromatic N) is 1. The van der Waals surface area contributed by atoms with Crippen LogP contribution < -0.4 is 4.74 Å². The average Bonchev–Trinajstić information content (AvgIpc) is 2.41. The Bertz CT molecular complexity index is 355. The molecule has 0 bridgehead atoms. The lowest BCUT2D eigenvalue weighted by atomic mass is 9.99. The van der Waals surface area contributed by atoms with Crippen LogP contribution in [-0.4, -0.2) is 42.9 Å². The van der Waals surface area contributed by atoms with Gasteiger partial charge < -0.3 is 9.84 Å². The van der Waals surface area contributed by atoms with Gasteiger partial charge in [-0.2, -0.15) is 0 Å². The van der Waals surface area contributed by atoms with Crippen molar-refractivity contribution in [2.24, 2.45) is 5.92 Å². The lowest BCUT2D eigenvalue weighted by molar-refractivity contribution is 0.107. The second-order valence-electron chi connectivity index (χ2n) is 4.79. The number of hydrogen-bond acceptors (Lipinski definition) is 3. The molecule has 1 atom stereocenters. The summed E-state index contributed by atoms with van der Waals surface area (Å²) in [5, 5.41) is 9.18. The van der Waals surface area contributed by atoms with E-state index in [9.17, 15) is 5.11 Å². The van der Waals surface area contributed by atoms with Gasteiger partial charge in [0.05, 0.1) is 0 Å². The van der Waals surface area contributed by atoms with Crippen molar-refractivity contribution in [3.05, 3.63) is 28.7 Å². The van der Waals surface area contributed by atoms with Gasteiger partial charge in [-0.15, -0.1) is 0 Å². The molecule has 0 aliphatic carbocycles. The summed E-state index contributed by atoms with van der Waals surface area (Å²) in [6.45, 7) is 4.08. The molecule has 1 aliphatic heterocycles. The maximum Gasteiger partial charge on any atom is 0.119 e. The van der Waals surface area contributed by atoms with Gasteiger partial charge in [-0.25, -0.2) is 0 Å². The summed E-state index contributed by atoms with van der Waals surface area (Å²) >= 11 is 3.40. The molecule has 1 aliphatic rings. The number of aliphatic hydroxyl groups is 1. The molecule has 0 amide bonds. The SMILES string of the molecule is OCC1CCCN(CCOc2ccc(Br)cc2)C1. The topological polar surface area (TPSA) is 32.7 Å². The Morgan fingerprint density at radius 3 is 2.83 bits per heavy atom. The van der Waals surface area contributed by atoms with E-state index >= 15 is 0 Å². The summed E-state index contributed by atoms with van der Waals surface area (Å²) in [6, 6.07) is 7.91. The molecule has 1 heterocycles. The second-order valence-corrected chi connectivity index (χ2v) is 5.71. The minimum Gasteiger partial charge on any atom is -0.492 e. The Morgan fingerprint density at radius 1 is 1.33 bits per heavy atom. The van der Waals surface area contributed by atoms with E-state index in [1.54, 1.807) is 0 Å². The molecule has 18 heavy (non-hydrogen) atoms. The van der Waals surface area contributed by atoms with Crippen LogP contribution in [-0.2, 0) is 0 Å². The number of piperidine rings is 1. The second kappa shape index (κ2) is 7.12. The first kappa shape index (κ1) is 13.8. The number of halogens is 1. The number of hydrogen-bond donors (Lipinski definition) is 1. The number of likely N-dealkylation sites (tertiary alicyclic amines) is 1. The van der Waals surface area contributed by atoms with E-state index in [0.717, 1.165) is 36.3 Å². The number of aliphatic hydroxyl groups excluding tert-OH is 1. The van der Waals surface area contributed by atoms with Crippen LogP contribution in [0.2, 0.25) is 0 Å². The van der Waals surface area contributed by atoms with Crippen molar-refractivity contribution in [2.75, 3.05) is 32.8 Å². The van der Waals surface area contributed by atoms with E-state index in [4.69, 9.17) is 4.74 Å². The fraction of sp³-hybridized carbons (Fsp3) is 0.571. The van der Waals surface area contributed by atoms with Crippen molar-refractivity contribution in [3.63, 3.8) is 0 Å². The maximum atomic E-state index is 9.18. The van der Waals surface area contributed by atoms with E-state index in [2.05, 4.69) is 20.8 Å². The minimum atomic E-state index is 0.310. The highest BCUT2D eigenvalue weighted by atomic mass is 79.9. The number of benzene rings is 1. The van der Waals surface area contributed by atoms with Crippen LogP contribution in [0.25, 0.3) is 0 Å². The van der Waals surface area contributed by atoms with E-state index < -0.39 is 0 Å².